The topological polar surface area (TPSA) is 29.5 Å². The van der Waals surface area contributed by atoms with E-state index in [4.69, 9.17) is 0 Å². The van der Waals surface area contributed by atoms with Gasteiger partial charge in [0.2, 0.25) is 0 Å². The first-order valence-corrected chi connectivity index (χ1v) is 5.66. The lowest BCUT2D eigenvalue weighted by Gasteiger charge is -2.27. The standard InChI is InChI=1S/C10H13F6NO2/c11-9(12,13)8(10(14,15)16)19-7(18)6-17-4-2-1-3-5-17/h8H,1-6H2. The highest BCUT2D eigenvalue weighted by Gasteiger charge is 2.59. The third-order valence-electron chi connectivity index (χ3n) is 2.65. The van der Waals surface area contributed by atoms with Crippen LogP contribution in [-0.2, 0) is 9.53 Å². The minimum Gasteiger partial charge on any atom is -0.442 e. The van der Waals surface area contributed by atoms with Crippen molar-refractivity contribution >= 4 is 5.97 Å². The molecular weight excluding hydrogens is 280 g/mol. The van der Waals surface area contributed by atoms with E-state index >= 15 is 0 Å². The van der Waals surface area contributed by atoms with Gasteiger partial charge in [-0.1, -0.05) is 6.42 Å². The maximum absolute atomic E-state index is 12.1. The van der Waals surface area contributed by atoms with Crippen LogP contribution in [0.1, 0.15) is 19.3 Å². The third-order valence-corrected chi connectivity index (χ3v) is 2.65. The van der Waals surface area contributed by atoms with Gasteiger partial charge in [0, 0.05) is 0 Å². The van der Waals surface area contributed by atoms with Crippen molar-refractivity contribution in [1.82, 2.24) is 4.90 Å². The average Bonchev–Trinajstić information content (AvgIpc) is 2.24. The molecule has 112 valence electrons. The summed E-state index contributed by atoms with van der Waals surface area (Å²) in [5, 5.41) is 0. The number of rotatable bonds is 3. The smallest absolute Gasteiger partial charge is 0.434 e. The molecule has 0 unspecified atom stereocenters. The maximum Gasteiger partial charge on any atom is 0.434 e. The number of hydrogen-bond donors (Lipinski definition) is 0. The molecule has 1 heterocycles. The molecule has 1 aliphatic heterocycles. The summed E-state index contributed by atoms with van der Waals surface area (Å²) in [6, 6.07) is 0. The number of carbonyl (C=O) groups excluding carboxylic acids is 1. The molecule has 0 amide bonds. The highest BCUT2D eigenvalue weighted by atomic mass is 19.4. The van der Waals surface area contributed by atoms with E-state index in [0.717, 1.165) is 19.3 Å². The average molecular weight is 293 g/mol. The van der Waals surface area contributed by atoms with E-state index in [1.165, 1.54) is 4.90 Å². The Morgan fingerprint density at radius 3 is 1.89 bits per heavy atom. The summed E-state index contributed by atoms with van der Waals surface area (Å²) >= 11 is 0. The quantitative estimate of drug-likeness (QED) is 0.591. The molecule has 0 spiro atoms. The van der Waals surface area contributed by atoms with Crippen LogP contribution in [0.5, 0.6) is 0 Å². The predicted molar refractivity (Wildman–Crippen MR) is 52.3 cm³/mol. The SMILES string of the molecule is O=C(CN1CCCCC1)OC(C(F)(F)F)C(F)(F)F. The van der Waals surface area contributed by atoms with Crippen molar-refractivity contribution in [3.05, 3.63) is 0 Å². The number of esters is 1. The van der Waals surface area contributed by atoms with Crippen molar-refractivity contribution < 1.29 is 35.9 Å². The number of ether oxygens (including phenoxy) is 1. The van der Waals surface area contributed by atoms with E-state index in [-0.39, 0.29) is 0 Å². The number of likely N-dealkylation sites (tertiary alicyclic amines) is 1. The molecule has 0 atom stereocenters. The van der Waals surface area contributed by atoms with Crippen LogP contribution in [0.3, 0.4) is 0 Å². The Bertz CT molecular complexity index is 294. The van der Waals surface area contributed by atoms with Gasteiger partial charge < -0.3 is 4.74 Å². The monoisotopic (exact) mass is 293 g/mol. The Morgan fingerprint density at radius 2 is 1.47 bits per heavy atom. The largest absolute Gasteiger partial charge is 0.442 e. The molecule has 0 aliphatic carbocycles. The van der Waals surface area contributed by atoms with Crippen molar-refractivity contribution in [3.63, 3.8) is 0 Å². The molecule has 0 aromatic heterocycles. The van der Waals surface area contributed by atoms with Crippen LogP contribution >= 0.6 is 0 Å². The van der Waals surface area contributed by atoms with Gasteiger partial charge >= 0.3 is 18.3 Å². The first-order chi connectivity index (χ1) is 8.60. The lowest BCUT2D eigenvalue weighted by molar-refractivity contribution is -0.313. The van der Waals surface area contributed by atoms with Crippen molar-refractivity contribution in [1.29, 1.82) is 0 Å². The number of alkyl halides is 6. The fourth-order valence-electron chi connectivity index (χ4n) is 1.79. The molecule has 1 fully saturated rings. The van der Waals surface area contributed by atoms with Gasteiger partial charge in [0.05, 0.1) is 6.54 Å². The van der Waals surface area contributed by atoms with Gasteiger partial charge in [-0.2, -0.15) is 26.3 Å². The maximum atomic E-state index is 12.1. The van der Waals surface area contributed by atoms with E-state index in [2.05, 4.69) is 4.74 Å². The number of piperidine rings is 1. The molecule has 1 rings (SSSR count). The van der Waals surface area contributed by atoms with Gasteiger partial charge in [-0.15, -0.1) is 0 Å². The Balaban J connectivity index is 2.56. The number of halogens is 6. The van der Waals surface area contributed by atoms with Crippen LogP contribution in [0.25, 0.3) is 0 Å². The highest BCUT2D eigenvalue weighted by molar-refractivity contribution is 5.72. The predicted octanol–water partition coefficient (Wildman–Crippen LogP) is 2.51. The second-order valence-corrected chi connectivity index (χ2v) is 4.29. The van der Waals surface area contributed by atoms with Gasteiger partial charge in [0.1, 0.15) is 0 Å². The Hall–Kier alpha value is -0.990. The fraction of sp³-hybridized carbons (Fsp3) is 0.900. The van der Waals surface area contributed by atoms with E-state index in [1.807, 2.05) is 0 Å². The second-order valence-electron chi connectivity index (χ2n) is 4.29. The molecule has 0 aromatic rings. The fourth-order valence-corrected chi connectivity index (χ4v) is 1.79. The van der Waals surface area contributed by atoms with Crippen LogP contribution in [0.15, 0.2) is 0 Å². The number of hydrogen-bond acceptors (Lipinski definition) is 3. The van der Waals surface area contributed by atoms with Gasteiger partial charge in [-0.05, 0) is 25.9 Å². The molecule has 0 radical (unpaired) electrons. The Morgan fingerprint density at radius 1 is 1.00 bits per heavy atom. The van der Waals surface area contributed by atoms with Gasteiger partial charge in [-0.3, -0.25) is 9.69 Å². The summed E-state index contributed by atoms with van der Waals surface area (Å²) in [4.78, 5) is 12.6. The molecule has 0 aromatic carbocycles. The Kier molecular flexibility index (Phi) is 5.05. The Labute approximate surface area is 105 Å². The lowest BCUT2D eigenvalue weighted by Crippen LogP contribution is -2.47. The molecule has 0 N–H and O–H groups in total. The molecule has 3 nitrogen and oxygen atoms in total. The summed E-state index contributed by atoms with van der Waals surface area (Å²) in [7, 11) is 0. The van der Waals surface area contributed by atoms with Crippen LogP contribution in [-0.4, -0.2) is 49.0 Å². The zero-order valence-electron chi connectivity index (χ0n) is 9.85. The van der Waals surface area contributed by atoms with Crippen molar-refractivity contribution in [2.45, 2.75) is 37.7 Å². The van der Waals surface area contributed by atoms with Crippen LogP contribution in [0, 0.1) is 0 Å². The normalized spacial score (nSPS) is 18.7. The van der Waals surface area contributed by atoms with E-state index in [0.29, 0.717) is 13.1 Å². The minimum atomic E-state index is -5.66. The number of nitrogens with zero attached hydrogens (tertiary/aromatic N) is 1. The van der Waals surface area contributed by atoms with E-state index in [9.17, 15) is 31.1 Å². The highest BCUT2D eigenvalue weighted by Crippen LogP contribution is 2.35. The van der Waals surface area contributed by atoms with Crippen molar-refractivity contribution in [3.8, 4) is 0 Å². The van der Waals surface area contributed by atoms with Crippen LogP contribution < -0.4 is 0 Å². The first-order valence-electron chi connectivity index (χ1n) is 5.66. The van der Waals surface area contributed by atoms with Crippen molar-refractivity contribution in [2.75, 3.05) is 19.6 Å². The molecule has 1 aliphatic rings. The minimum absolute atomic E-state index is 0.470. The summed E-state index contributed by atoms with van der Waals surface area (Å²) in [6.07, 6.45) is -12.9. The third kappa shape index (κ3) is 5.25. The molecule has 9 heteroatoms. The molecule has 0 bridgehead atoms. The molecular formula is C10H13F6NO2. The first kappa shape index (κ1) is 16.1. The van der Waals surface area contributed by atoms with E-state index < -0.39 is 31.0 Å². The summed E-state index contributed by atoms with van der Waals surface area (Å²) in [5.74, 6) is -1.51. The molecule has 1 saturated heterocycles. The van der Waals surface area contributed by atoms with Crippen molar-refractivity contribution in [2.24, 2.45) is 0 Å². The van der Waals surface area contributed by atoms with Gasteiger partial charge in [0.25, 0.3) is 6.10 Å². The summed E-state index contributed by atoms with van der Waals surface area (Å²) < 4.78 is 76.4. The van der Waals surface area contributed by atoms with Crippen LogP contribution in [0.2, 0.25) is 0 Å². The summed E-state index contributed by atoms with van der Waals surface area (Å²) in [5.41, 5.74) is 0. The lowest BCUT2D eigenvalue weighted by atomic mass is 10.1. The zero-order chi connectivity index (χ0) is 14.7. The molecule has 0 saturated carbocycles. The van der Waals surface area contributed by atoms with Gasteiger partial charge in [-0.25, -0.2) is 0 Å². The number of carbonyl (C=O) groups is 1. The summed E-state index contributed by atoms with van der Waals surface area (Å²) in [6.45, 7) is 0.387. The zero-order valence-corrected chi connectivity index (χ0v) is 9.85. The van der Waals surface area contributed by atoms with E-state index in [1.54, 1.807) is 0 Å². The second kappa shape index (κ2) is 5.98. The van der Waals surface area contributed by atoms with Crippen LogP contribution in [0.4, 0.5) is 26.3 Å². The molecule has 19 heavy (non-hydrogen) atoms. The van der Waals surface area contributed by atoms with Gasteiger partial charge in [0.15, 0.2) is 0 Å².